The molecule has 3 nitrogen and oxygen atoms in total. The van der Waals surface area contributed by atoms with Crippen molar-refractivity contribution < 1.29 is 4.74 Å². The van der Waals surface area contributed by atoms with E-state index in [1.807, 2.05) is 24.3 Å². The number of ether oxygens (including phenoxy) is 1. The van der Waals surface area contributed by atoms with Gasteiger partial charge in [0.1, 0.15) is 12.4 Å². The summed E-state index contributed by atoms with van der Waals surface area (Å²) >= 11 is 0. The molecule has 0 aliphatic rings. The van der Waals surface area contributed by atoms with Crippen LogP contribution in [0.5, 0.6) is 5.75 Å². The normalized spacial score (nSPS) is 13.1. The van der Waals surface area contributed by atoms with Crippen molar-refractivity contribution in [3.8, 4) is 5.75 Å². The highest BCUT2D eigenvalue weighted by atomic mass is 16.5. The molecule has 0 aliphatic carbocycles. The zero-order valence-electron chi connectivity index (χ0n) is 11.3. The molecule has 0 heterocycles. The summed E-state index contributed by atoms with van der Waals surface area (Å²) in [5.74, 6) is 1.43. The second-order valence-electron chi connectivity index (χ2n) is 4.85. The molecule has 0 radical (unpaired) electrons. The van der Waals surface area contributed by atoms with Gasteiger partial charge in [0.05, 0.1) is 5.69 Å². The number of likely N-dealkylation sites (N-methyl/N-ethyl adjacent to an activating group) is 1. The Bertz CT molecular complexity index is 339. The van der Waals surface area contributed by atoms with Gasteiger partial charge in [-0.1, -0.05) is 26.0 Å². The van der Waals surface area contributed by atoms with Crippen molar-refractivity contribution in [2.75, 3.05) is 25.9 Å². The van der Waals surface area contributed by atoms with Crippen LogP contribution in [0.4, 0.5) is 5.69 Å². The van der Waals surface area contributed by atoms with Crippen molar-refractivity contribution >= 4 is 5.69 Å². The molecule has 17 heavy (non-hydrogen) atoms. The van der Waals surface area contributed by atoms with Crippen LogP contribution < -0.4 is 10.5 Å². The zero-order valence-corrected chi connectivity index (χ0v) is 11.3. The number of hydrogen-bond donors (Lipinski definition) is 1. The van der Waals surface area contributed by atoms with Gasteiger partial charge in [0.2, 0.25) is 0 Å². The first-order chi connectivity index (χ1) is 8.02. The molecule has 0 aliphatic heterocycles. The van der Waals surface area contributed by atoms with E-state index < -0.39 is 0 Å². The minimum Gasteiger partial charge on any atom is -0.490 e. The van der Waals surface area contributed by atoms with Gasteiger partial charge >= 0.3 is 0 Å². The molecule has 0 aromatic heterocycles. The predicted octanol–water partition coefficient (Wildman–Crippen LogP) is 2.62. The summed E-state index contributed by atoms with van der Waals surface area (Å²) in [7, 11) is 2.13. The van der Waals surface area contributed by atoms with Crippen LogP contribution >= 0.6 is 0 Å². The largest absolute Gasteiger partial charge is 0.490 e. The molecule has 96 valence electrons. The van der Waals surface area contributed by atoms with Gasteiger partial charge in [0, 0.05) is 12.6 Å². The molecular weight excluding hydrogens is 212 g/mol. The van der Waals surface area contributed by atoms with E-state index in [2.05, 4.69) is 32.7 Å². The van der Waals surface area contributed by atoms with Gasteiger partial charge in [0.15, 0.2) is 0 Å². The number of nitrogen functional groups attached to an aromatic ring is 1. The van der Waals surface area contributed by atoms with E-state index in [-0.39, 0.29) is 0 Å². The van der Waals surface area contributed by atoms with Gasteiger partial charge in [-0.3, -0.25) is 0 Å². The Balaban J connectivity index is 2.36. The maximum Gasteiger partial charge on any atom is 0.142 e. The van der Waals surface area contributed by atoms with Crippen molar-refractivity contribution in [3.05, 3.63) is 24.3 Å². The van der Waals surface area contributed by atoms with Gasteiger partial charge in [-0.05, 0) is 32.0 Å². The van der Waals surface area contributed by atoms with Crippen molar-refractivity contribution in [2.45, 2.75) is 26.8 Å². The quantitative estimate of drug-likeness (QED) is 0.772. The third-order valence-electron chi connectivity index (χ3n) is 3.28. The van der Waals surface area contributed by atoms with Gasteiger partial charge < -0.3 is 15.4 Å². The third kappa shape index (κ3) is 4.27. The number of anilines is 1. The van der Waals surface area contributed by atoms with Crippen LogP contribution in [0.15, 0.2) is 24.3 Å². The van der Waals surface area contributed by atoms with E-state index in [0.717, 1.165) is 12.3 Å². The molecule has 0 saturated heterocycles. The molecule has 0 fully saturated rings. The van der Waals surface area contributed by atoms with Gasteiger partial charge in [0.25, 0.3) is 0 Å². The molecule has 1 rings (SSSR count). The second kappa shape index (κ2) is 6.50. The van der Waals surface area contributed by atoms with Gasteiger partial charge in [-0.15, -0.1) is 0 Å². The number of benzene rings is 1. The molecule has 3 heteroatoms. The maximum absolute atomic E-state index is 5.81. The fourth-order valence-corrected chi connectivity index (χ4v) is 1.62. The fourth-order valence-electron chi connectivity index (χ4n) is 1.62. The summed E-state index contributed by atoms with van der Waals surface area (Å²) < 4.78 is 5.67. The lowest BCUT2D eigenvalue weighted by Gasteiger charge is -2.27. The molecular formula is C14H24N2O. The smallest absolute Gasteiger partial charge is 0.142 e. The second-order valence-corrected chi connectivity index (χ2v) is 4.85. The maximum atomic E-state index is 5.81. The van der Waals surface area contributed by atoms with Gasteiger partial charge in [-0.2, -0.15) is 0 Å². The first-order valence-corrected chi connectivity index (χ1v) is 6.20. The van der Waals surface area contributed by atoms with Crippen LogP contribution in [-0.4, -0.2) is 31.1 Å². The van der Waals surface area contributed by atoms with Gasteiger partial charge in [-0.25, -0.2) is 0 Å². The number of hydrogen-bond acceptors (Lipinski definition) is 3. The lowest BCUT2D eigenvalue weighted by atomic mass is 10.1. The summed E-state index contributed by atoms with van der Waals surface area (Å²) in [5.41, 5.74) is 6.51. The molecule has 1 atom stereocenters. The molecule has 0 amide bonds. The lowest BCUT2D eigenvalue weighted by Crippen LogP contribution is -2.36. The SMILES string of the molecule is CC(C)C(C)N(C)CCOc1ccccc1N. The molecule has 1 aromatic rings. The summed E-state index contributed by atoms with van der Waals surface area (Å²) in [6.45, 7) is 8.28. The minimum absolute atomic E-state index is 0.562. The number of para-hydroxylation sites is 2. The Morgan fingerprint density at radius 1 is 1.24 bits per heavy atom. The molecule has 0 saturated carbocycles. The number of rotatable bonds is 6. The van der Waals surface area contributed by atoms with E-state index in [0.29, 0.717) is 24.3 Å². The van der Waals surface area contributed by atoms with E-state index in [1.54, 1.807) is 0 Å². The molecule has 0 spiro atoms. The van der Waals surface area contributed by atoms with Crippen LogP contribution in [0.2, 0.25) is 0 Å². The summed E-state index contributed by atoms with van der Waals surface area (Å²) in [6, 6.07) is 8.17. The summed E-state index contributed by atoms with van der Waals surface area (Å²) in [6.07, 6.45) is 0. The van der Waals surface area contributed by atoms with Crippen molar-refractivity contribution in [1.82, 2.24) is 4.90 Å². The summed E-state index contributed by atoms with van der Waals surface area (Å²) in [4.78, 5) is 2.31. The zero-order chi connectivity index (χ0) is 12.8. The Hall–Kier alpha value is -1.22. The van der Waals surface area contributed by atoms with Crippen LogP contribution in [0.25, 0.3) is 0 Å². The highest BCUT2D eigenvalue weighted by molar-refractivity contribution is 5.51. The molecule has 1 unspecified atom stereocenters. The van der Waals surface area contributed by atoms with Crippen LogP contribution in [0, 0.1) is 5.92 Å². The van der Waals surface area contributed by atoms with Crippen molar-refractivity contribution in [1.29, 1.82) is 0 Å². The highest BCUT2D eigenvalue weighted by Gasteiger charge is 2.12. The average Bonchev–Trinajstić information content (AvgIpc) is 2.30. The van der Waals surface area contributed by atoms with Crippen molar-refractivity contribution in [3.63, 3.8) is 0 Å². The topological polar surface area (TPSA) is 38.5 Å². The number of nitrogens with two attached hydrogens (primary N) is 1. The highest BCUT2D eigenvalue weighted by Crippen LogP contribution is 2.19. The van der Waals surface area contributed by atoms with Crippen molar-refractivity contribution in [2.24, 2.45) is 5.92 Å². The standard InChI is InChI=1S/C14H24N2O/c1-11(2)12(3)16(4)9-10-17-14-8-6-5-7-13(14)15/h5-8,11-12H,9-10,15H2,1-4H3. The first-order valence-electron chi connectivity index (χ1n) is 6.20. The van der Waals surface area contributed by atoms with E-state index in [4.69, 9.17) is 10.5 Å². The van der Waals surface area contributed by atoms with Crippen LogP contribution in [0.1, 0.15) is 20.8 Å². The third-order valence-corrected chi connectivity index (χ3v) is 3.28. The number of nitrogens with zero attached hydrogens (tertiary/aromatic N) is 1. The predicted molar refractivity (Wildman–Crippen MR) is 73.3 cm³/mol. The Kier molecular flexibility index (Phi) is 5.29. The molecule has 0 bridgehead atoms. The monoisotopic (exact) mass is 236 g/mol. The van der Waals surface area contributed by atoms with Crippen LogP contribution in [-0.2, 0) is 0 Å². The Labute approximate surface area is 105 Å². The van der Waals surface area contributed by atoms with E-state index in [1.165, 1.54) is 0 Å². The molecule has 1 aromatic carbocycles. The van der Waals surface area contributed by atoms with E-state index in [9.17, 15) is 0 Å². The fraction of sp³-hybridized carbons (Fsp3) is 0.571. The minimum atomic E-state index is 0.562. The summed E-state index contributed by atoms with van der Waals surface area (Å²) in [5, 5.41) is 0. The molecule has 2 N–H and O–H groups in total. The Morgan fingerprint density at radius 3 is 2.47 bits per heavy atom. The average molecular weight is 236 g/mol. The lowest BCUT2D eigenvalue weighted by molar-refractivity contribution is 0.170. The first kappa shape index (κ1) is 13.8. The van der Waals surface area contributed by atoms with Crippen LogP contribution in [0.3, 0.4) is 0 Å². The Morgan fingerprint density at radius 2 is 1.88 bits per heavy atom. The van der Waals surface area contributed by atoms with E-state index >= 15 is 0 Å².